The van der Waals surface area contributed by atoms with E-state index in [1.54, 1.807) is 31.4 Å². The van der Waals surface area contributed by atoms with Crippen LogP contribution in [0.4, 0.5) is 11.4 Å². The Balaban J connectivity index is 1.72. The standard InChI is InChI=1S/C27H22ClN3O3S/c1-17-6-3-4-9-23(17)31-26(33)24(14-18-10-12-21(34-2)13-11-18)35-27(31)22(16-29)25(32)30-20-8-5-7-19(28)15-20/h3-13,15,24H,14H2,1-2H3,(H,30,32)/b27-22+/t24-/m0/s1. The minimum atomic E-state index is -0.603. The van der Waals surface area contributed by atoms with Gasteiger partial charge >= 0.3 is 0 Å². The van der Waals surface area contributed by atoms with Gasteiger partial charge in [0.2, 0.25) is 5.91 Å². The molecule has 0 aromatic heterocycles. The molecular formula is C27H22ClN3O3S. The fraction of sp³-hybridized carbons (Fsp3) is 0.148. The van der Waals surface area contributed by atoms with Crippen molar-refractivity contribution in [1.82, 2.24) is 0 Å². The number of anilines is 2. The van der Waals surface area contributed by atoms with Crippen molar-refractivity contribution in [3.8, 4) is 11.8 Å². The van der Waals surface area contributed by atoms with Crippen LogP contribution in [0.3, 0.4) is 0 Å². The molecule has 0 saturated carbocycles. The van der Waals surface area contributed by atoms with Gasteiger partial charge in [-0.3, -0.25) is 14.5 Å². The van der Waals surface area contributed by atoms with E-state index in [1.165, 1.54) is 16.7 Å². The van der Waals surface area contributed by atoms with Gasteiger partial charge in [0.25, 0.3) is 5.91 Å². The third-order valence-electron chi connectivity index (χ3n) is 5.52. The fourth-order valence-corrected chi connectivity index (χ4v) is 5.25. The van der Waals surface area contributed by atoms with Crippen molar-refractivity contribution in [2.75, 3.05) is 17.3 Å². The molecule has 1 aliphatic heterocycles. The molecule has 35 heavy (non-hydrogen) atoms. The summed E-state index contributed by atoms with van der Waals surface area (Å²) in [7, 11) is 1.60. The highest BCUT2D eigenvalue weighted by Gasteiger charge is 2.41. The summed E-state index contributed by atoms with van der Waals surface area (Å²) >= 11 is 7.26. The zero-order chi connectivity index (χ0) is 24.9. The van der Waals surface area contributed by atoms with Crippen molar-refractivity contribution in [3.05, 3.63) is 99.5 Å². The van der Waals surface area contributed by atoms with Gasteiger partial charge in [0.05, 0.1) is 18.0 Å². The molecular weight excluding hydrogens is 482 g/mol. The molecule has 1 aliphatic rings. The second kappa shape index (κ2) is 10.7. The molecule has 3 aromatic carbocycles. The first-order valence-corrected chi connectivity index (χ1v) is 12.1. The highest BCUT2D eigenvalue weighted by Crippen LogP contribution is 2.43. The van der Waals surface area contributed by atoms with Crippen LogP contribution in [0.15, 0.2) is 83.4 Å². The molecule has 0 aliphatic carbocycles. The molecule has 8 heteroatoms. The SMILES string of the molecule is COc1ccc(C[C@@H]2S/C(=C(\C#N)C(=O)Nc3cccc(Cl)c3)N(c3ccccc3C)C2=O)cc1. The van der Waals surface area contributed by atoms with Gasteiger partial charge in [-0.05, 0) is 60.9 Å². The van der Waals surface area contributed by atoms with Crippen LogP contribution in [0.2, 0.25) is 5.02 Å². The van der Waals surface area contributed by atoms with Crippen LogP contribution in [0.5, 0.6) is 5.75 Å². The summed E-state index contributed by atoms with van der Waals surface area (Å²) in [6.07, 6.45) is 0.438. The lowest BCUT2D eigenvalue weighted by molar-refractivity contribution is -0.117. The number of ether oxygens (including phenoxy) is 1. The topological polar surface area (TPSA) is 82.4 Å². The quantitative estimate of drug-likeness (QED) is 0.343. The predicted molar refractivity (Wildman–Crippen MR) is 139 cm³/mol. The Bertz CT molecular complexity index is 1350. The number of hydrogen-bond donors (Lipinski definition) is 1. The van der Waals surface area contributed by atoms with Gasteiger partial charge in [-0.1, -0.05) is 59.8 Å². The average Bonchev–Trinajstić information content (AvgIpc) is 3.15. The second-order valence-electron chi connectivity index (χ2n) is 7.88. The number of hydrogen-bond acceptors (Lipinski definition) is 5. The highest BCUT2D eigenvalue weighted by molar-refractivity contribution is 8.05. The van der Waals surface area contributed by atoms with E-state index in [4.69, 9.17) is 16.3 Å². The Morgan fingerprint density at radius 3 is 2.54 bits per heavy atom. The van der Waals surface area contributed by atoms with Gasteiger partial charge in [-0.15, -0.1) is 0 Å². The third-order valence-corrected chi connectivity index (χ3v) is 7.02. The summed E-state index contributed by atoms with van der Waals surface area (Å²) in [6.45, 7) is 1.89. The molecule has 0 bridgehead atoms. The van der Waals surface area contributed by atoms with Gasteiger partial charge < -0.3 is 10.1 Å². The number of carbonyl (C=O) groups is 2. The smallest absolute Gasteiger partial charge is 0.269 e. The van der Waals surface area contributed by atoms with Crippen LogP contribution in [0.25, 0.3) is 0 Å². The minimum absolute atomic E-state index is 0.135. The second-order valence-corrected chi connectivity index (χ2v) is 9.50. The van der Waals surface area contributed by atoms with Crippen molar-refractivity contribution in [2.45, 2.75) is 18.6 Å². The number of rotatable bonds is 6. The maximum absolute atomic E-state index is 13.6. The molecule has 1 N–H and O–H groups in total. The van der Waals surface area contributed by atoms with Crippen molar-refractivity contribution < 1.29 is 14.3 Å². The first-order chi connectivity index (χ1) is 16.9. The lowest BCUT2D eigenvalue weighted by Gasteiger charge is -2.20. The molecule has 1 atom stereocenters. The molecule has 3 aromatic rings. The number of nitrogens with zero attached hydrogens (tertiary/aromatic N) is 2. The number of methoxy groups -OCH3 is 1. The molecule has 0 radical (unpaired) electrons. The largest absolute Gasteiger partial charge is 0.497 e. The predicted octanol–water partition coefficient (Wildman–Crippen LogP) is 5.72. The summed E-state index contributed by atoms with van der Waals surface area (Å²) in [4.78, 5) is 28.3. The van der Waals surface area contributed by atoms with Crippen molar-refractivity contribution >= 4 is 46.6 Å². The summed E-state index contributed by atoms with van der Waals surface area (Å²) in [6, 6.07) is 23.6. The number of para-hydroxylation sites is 1. The first kappa shape index (κ1) is 24.4. The third kappa shape index (κ3) is 5.35. The lowest BCUT2D eigenvalue weighted by atomic mass is 10.1. The molecule has 2 amide bonds. The fourth-order valence-electron chi connectivity index (χ4n) is 3.76. The zero-order valence-electron chi connectivity index (χ0n) is 19.1. The molecule has 6 nitrogen and oxygen atoms in total. The van der Waals surface area contributed by atoms with E-state index in [0.29, 0.717) is 27.8 Å². The van der Waals surface area contributed by atoms with Crippen molar-refractivity contribution in [1.29, 1.82) is 5.26 Å². The summed E-state index contributed by atoms with van der Waals surface area (Å²) in [5, 5.41) is 13.0. The molecule has 176 valence electrons. The Kier molecular flexibility index (Phi) is 7.45. The molecule has 1 heterocycles. The number of nitrogens with one attached hydrogen (secondary N) is 1. The highest BCUT2D eigenvalue weighted by atomic mass is 35.5. The zero-order valence-corrected chi connectivity index (χ0v) is 20.7. The molecule has 1 fully saturated rings. The Hall–Kier alpha value is -3.73. The average molecular weight is 504 g/mol. The number of carbonyl (C=O) groups excluding carboxylic acids is 2. The number of thioether (sulfide) groups is 1. The van der Waals surface area contributed by atoms with E-state index in [2.05, 4.69) is 5.32 Å². The van der Waals surface area contributed by atoms with E-state index >= 15 is 0 Å². The summed E-state index contributed by atoms with van der Waals surface area (Å²) < 4.78 is 5.22. The lowest BCUT2D eigenvalue weighted by Crippen LogP contribution is -2.31. The molecule has 0 spiro atoms. The maximum atomic E-state index is 13.6. The minimum Gasteiger partial charge on any atom is -0.497 e. The van der Waals surface area contributed by atoms with Gasteiger partial charge in [-0.2, -0.15) is 5.26 Å². The van der Waals surface area contributed by atoms with E-state index in [0.717, 1.165) is 16.9 Å². The van der Waals surface area contributed by atoms with Crippen molar-refractivity contribution in [2.24, 2.45) is 0 Å². The van der Waals surface area contributed by atoms with Gasteiger partial charge in [0, 0.05) is 10.7 Å². The molecule has 4 rings (SSSR count). The number of nitriles is 1. The van der Waals surface area contributed by atoms with E-state index < -0.39 is 11.2 Å². The normalized spacial score (nSPS) is 16.6. The van der Waals surface area contributed by atoms with E-state index in [9.17, 15) is 14.9 Å². The number of aryl methyl sites for hydroxylation is 1. The summed E-state index contributed by atoms with van der Waals surface area (Å²) in [5.41, 5.74) is 2.77. The van der Waals surface area contributed by atoms with Gasteiger partial charge in [0.1, 0.15) is 22.4 Å². The molecule has 0 unspecified atom stereocenters. The first-order valence-electron chi connectivity index (χ1n) is 10.8. The van der Waals surface area contributed by atoms with Crippen LogP contribution in [-0.4, -0.2) is 24.2 Å². The maximum Gasteiger partial charge on any atom is 0.269 e. The van der Waals surface area contributed by atoms with Crippen LogP contribution >= 0.6 is 23.4 Å². The summed E-state index contributed by atoms with van der Waals surface area (Å²) in [5.74, 6) is -0.0575. The number of amides is 2. The van der Waals surface area contributed by atoms with Crippen LogP contribution in [-0.2, 0) is 16.0 Å². The molecule has 1 saturated heterocycles. The van der Waals surface area contributed by atoms with Gasteiger partial charge in [-0.25, -0.2) is 0 Å². The van der Waals surface area contributed by atoms with Crippen LogP contribution in [0.1, 0.15) is 11.1 Å². The van der Waals surface area contributed by atoms with Crippen LogP contribution < -0.4 is 15.0 Å². The van der Waals surface area contributed by atoms with E-state index in [1.807, 2.05) is 61.5 Å². The Morgan fingerprint density at radius 2 is 1.89 bits per heavy atom. The Morgan fingerprint density at radius 1 is 1.14 bits per heavy atom. The van der Waals surface area contributed by atoms with Crippen LogP contribution in [0, 0.1) is 18.3 Å². The number of benzene rings is 3. The van der Waals surface area contributed by atoms with Gasteiger partial charge in [0.15, 0.2) is 0 Å². The monoisotopic (exact) mass is 503 g/mol. The Labute approximate surface area is 213 Å². The van der Waals surface area contributed by atoms with E-state index in [-0.39, 0.29) is 11.5 Å². The number of halogens is 1. The van der Waals surface area contributed by atoms with Crippen molar-refractivity contribution in [3.63, 3.8) is 0 Å².